The van der Waals surface area contributed by atoms with Crippen molar-refractivity contribution in [3.8, 4) is 0 Å². The van der Waals surface area contributed by atoms with Crippen LogP contribution in [0.2, 0.25) is 0 Å². The van der Waals surface area contributed by atoms with E-state index in [-0.39, 0.29) is 0 Å². The van der Waals surface area contributed by atoms with Crippen LogP contribution in [0.15, 0.2) is 12.3 Å². The molecule has 1 aromatic rings. The maximum absolute atomic E-state index is 4.56. The van der Waals surface area contributed by atoms with E-state index in [1.54, 1.807) is 0 Å². The van der Waals surface area contributed by atoms with Gasteiger partial charge in [-0.05, 0) is 57.6 Å². The van der Waals surface area contributed by atoms with Crippen molar-refractivity contribution in [2.45, 2.75) is 39.4 Å². The van der Waals surface area contributed by atoms with Crippen molar-refractivity contribution in [3.63, 3.8) is 0 Å². The fraction of sp³-hybridized carbons (Fsp3) is 0.571. The van der Waals surface area contributed by atoms with E-state index in [9.17, 15) is 0 Å². The zero-order valence-electron chi connectivity index (χ0n) is 11.1. The third-order valence-corrected chi connectivity index (χ3v) is 3.59. The Morgan fingerprint density at radius 2 is 2.29 bits per heavy atom. The second kappa shape index (κ2) is 5.15. The minimum atomic E-state index is 0.556. The van der Waals surface area contributed by atoms with E-state index < -0.39 is 0 Å². The summed E-state index contributed by atoms with van der Waals surface area (Å²) < 4.78 is 0. The van der Waals surface area contributed by atoms with Crippen LogP contribution in [0.5, 0.6) is 0 Å². The summed E-state index contributed by atoms with van der Waals surface area (Å²) in [6.45, 7) is 7.37. The summed E-state index contributed by atoms with van der Waals surface area (Å²) in [6.07, 6.45) is 3.01. The molecule has 3 heteroatoms. The summed E-state index contributed by atoms with van der Waals surface area (Å²) in [5, 5.41) is 0. The molecule has 0 aliphatic carbocycles. The molecule has 2 rings (SSSR count). The minimum Gasteiger partial charge on any atom is -0.455 e. The molecular formula is C14H22N3-. The van der Waals surface area contributed by atoms with Gasteiger partial charge in [-0.25, -0.2) is 0 Å². The van der Waals surface area contributed by atoms with E-state index in [0.717, 1.165) is 26.1 Å². The first-order valence-electron chi connectivity index (χ1n) is 6.29. The van der Waals surface area contributed by atoms with E-state index in [2.05, 4.69) is 48.8 Å². The Morgan fingerprint density at radius 3 is 3.00 bits per heavy atom. The monoisotopic (exact) mass is 232 g/mol. The lowest BCUT2D eigenvalue weighted by molar-refractivity contribution is 0.260. The molecule has 1 aromatic heterocycles. The van der Waals surface area contributed by atoms with Gasteiger partial charge in [0.1, 0.15) is 0 Å². The Kier molecular flexibility index (Phi) is 3.79. The Hall–Kier alpha value is -0.930. The second-order valence-electron chi connectivity index (χ2n) is 5.21. The minimum absolute atomic E-state index is 0.556. The molecule has 3 nitrogen and oxygen atoms in total. The third kappa shape index (κ3) is 2.85. The summed E-state index contributed by atoms with van der Waals surface area (Å²) in [5.74, 6) is 0. The lowest BCUT2D eigenvalue weighted by Crippen LogP contribution is -2.30. The van der Waals surface area contributed by atoms with Gasteiger partial charge in [-0.1, -0.05) is 0 Å². The van der Waals surface area contributed by atoms with Crippen LogP contribution in [0.3, 0.4) is 0 Å². The number of rotatable bonds is 3. The number of fused-ring (bicyclic) bond motifs is 1. The van der Waals surface area contributed by atoms with Crippen molar-refractivity contribution in [2.24, 2.45) is 0 Å². The van der Waals surface area contributed by atoms with E-state index in [1.807, 2.05) is 6.20 Å². The van der Waals surface area contributed by atoms with E-state index in [0.29, 0.717) is 6.04 Å². The highest BCUT2D eigenvalue weighted by Gasteiger charge is 2.16. The summed E-state index contributed by atoms with van der Waals surface area (Å²) in [6, 6.07) is 2.69. The van der Waals surface area contributed by atoms with Gasteiger partial charge in [0.25, 0.3) is 0 Å². The first-order chi connectivity index (χ1) is 8.08. The Labute approximate surface area is 104 Å². The maximum atomic E-state index is 4.56. The molecule has 0 unspecified atom stereocenters. The molecular weight excluding hydrogens is 210 g/mol. The molecule has 94 valence electrons. The third-order valence-electron chi connectivity index (χ3n) is 3.59. The number of nitrogens with zero attached hydrogens (tertiary/aromatic N) is 3. The lowest BCUT2D eigenvalue weighted by Gasteiger charge is -2.33. The molecule has 0 amide bonds. The molecule has 0 saturated carbocycles. The molecule has 0 atom stereocenters. The Morgan fingerprint density at radius 1 is 1.53 bits per heavy atom. The highest BCUT2D eigenvalue weighted by molar-refractivity contribution is 5.32. The van der Waals surface area contributed by atoms with Gasteiger partial charge in [0, 0.05) is 18.8 Å². The topological polar surface area (TPSA) is 19.4 Å². The number of aromatic nitrogens is 1. The first kappa shape index (κ1) is 12.5. The van der Waals surface area contributed by atoms with Gasteiger partial charge in [0.05, 0.1) is 5.69 Å². The summed E-state index contributed by atoms with van der Waals surface area (Å²) in [7, 11) is 6.17. The average molecular weight is 232 g/mol. The predicted octanol–water partition coefficient (Wildman–Crippen LogP) is 2.07. The SMILES string of the molecule is [CH2-]N1CCc2c(ccnc2CN(C)C(C)C)C1. The molecule has 17 heavy (non-hydrogen) atoms. The molecule has 0 spiro atoms. The highest BCUT2D eigenvalue weighted by atomic mass is 15.1. The van der Waals surface area contributed by atoms with Gasteiger partial charge in [-0.15, -0.1) is 0 Å². The first-order valence-corrected chi connectivity index (χ1v) is 6.29. The average Bonchev–Trinajstić information content (AvgIpc) is 2.28. The van der Waals surface area contributed by atoms with Crippen LogP contribution in [0, 0.1) is 7.05 Å². The van der Waals surface area contributed by atoms with E-state index >= 15 is 0 Å². The van der Waals surface area contributed by atoms with Crippen LogP contribution in [0.4, 0.5) is 0 Å². The molecule has 1 aliphatic rings. The van der Waals surface area contributed by atoms with Crippen LogP contribution in [0.1, 0.15) is 30.7 Å². The molecule has 2 heterocycles. The molecule has 1 aliphatic heterocycles. The Bertz CT molecular complexity index is 387. The number of hydrogen-bond acceptors (Lipinski definition) is 3. The number of hydrogen-bond donors (Lipinski definition) is 0. The van der Waals surface area contributed by atoms with Crippen molar-refractivity contribution < 1.29 is 0 Å². The van der Waals surface area contributed by atoms with Crippen LogP contribution < -0.4 is 0 Å². The van der Waals surface area contributed by atoms with Gasteiger partial charge in [-0.3, -0.25) is 16.9 Å². The second-order valence-corrected chi connectivity index (χ2v) is 5.21. The maximum Gasteiger partial charge on any atom is 0.0579 e. The van der Waals surface area contributed by atoms with E-state index in [4.69, 9.17) is 0 Å². The molecule has 0 aromatic carbocycles. The normalized spacial score (nSPS) is 16.6. The molecule has 0 fully saturated rings. The summed E-state index contributed by atoms with van der Waals surface area (Å²) in [4.78, 5) is 9.01. The van der Waals surface area contributed by atoms with Gasteiger partial charge >= 0.3 is 0 Å². The molecule has 0 N–H and O–H groups in total. The van der Waals surface area contributed by atoms with Crippen LogP contribution >= 0.6 is 0 Å². The smallest absolute Gasteiger partial charge is 0.0579 e. The van der Waals surface area contributed by atoms with Gasteiger partial charge in [-0.2, -0.15) is 0 Å². The lowest BCUT2D eigenvalue weighted by atomic mass is 9.98. The van der Waals surface area contributed by atoms with Crippen molar-refractivity contribution in [1.82, 2.24) is 14.8 Å². The standard InChI is InChI=1S/C14H22N3/c1-11(2)17(4)10-14-13-6-8-16(3)9-12(13)5-7-15-14/h5,7,11H,3,6,8-10H2,1-2,4H3/q-1. The van der Waals surface area contributed by atoms with Crippen LogP contribution in [-0.2, 0) is 19.5 Å². The van der Waals surface area contributed by atoms with Crippen molar-refractivity contribution in [3.05, 3.63) is 36.1 Å². The van der Waals surface area contributed by atoms with Gasteiger partial charge in [0.15, 0.2) is 0 Å². The summed E-state index contributed by atoms with van der Waals surface area (Å²) >= 11 is 0. The Balaban J connectivity index is 2.21. The van der Waals surface area contributed by atoms with Gasteiger partial charge in [0.2, 0.25) is 0 Å². The van der Waals surface area contributed by atoms with E-state index in [1.165, 1.54) is 16.8 Å². The van der Waals surface area contributed by atoms with Gasteiger partial charge < -0.3 is 4.90 Å². The quantitative estimate of drug-likeness (QED) is 0.744. The summed E-state index contributed by atoms with van der Waals surface area (Å²) in [5.41, 5.74) is 4.08. The molecule has 0 radical (unpaired) electrons. The number of pyridine rings is 1. The zero-order valence-corrected chi connectivity index (χ0v) is 11.1. The van der Waals surface area contributed by atoms with Crippen molar-refractivity contribution in [2.75, 3.05) is 13.6 Å². The fourth-order valence-electron chi connectivity index (χ4n) is 2.18. The van der Waals surface area contributed by atoms with Crippen molar-refractivity contribution >= 4 is 0 Å². The zero-order chi connectivity index (χ0) is 12.4. The highest BCUT2D eigenvalue weighted by Crippen LogP contribution is 2.21. The largest absolute Gasteiger partial charge is 0.455 e. The van der Waals surface area contributed by atoms with Crippen molar-refractivity contribution in [1.29, 1.82) is 0 Å². The fourth-order valence-corrected chi connectivity index (χ4v) is 2.18. The predicted molar refractivity (Wildman–Crippen MR) is 70.3 cm³/mol. The molecule has 0 bridgehead atoms. The van der Waals surface area contributed by atoms with Crippen LogP contribution in [0.25, 0.3) is 0 Å². The van der Waals surface area contributed by atoms with Crippen LogP contribution in [-0.4, -0.2) is 34.4 Å². The molecule has 0 saturated heterocycles.